The van der Waals surface area contributed by atoms with Crippen molar-refractivity contribution in [1.82, 2.24) is 4.98 Å². The van der Waals surface area contributed by atoms with Crippen LogP contribution in [0.5, 0.6) is 0 Å². The van der Waals surface area contributed by atoms with Crippen molar-refractivity contribution in [2.24, 2.45) is 5.73 Å². The van der Waals surface area contributed by atoms with Crippen molar-refractivity contribution in [3.05, 3.63) is 84.2 Å². The van der Waals surface area contributed by atoms with E-state index in [9.17, 15) is 0 Å². The van der Waals surface area contributed by atoms with Crippen LogP contribution in [0.2, 0.25) is 0 Å². The molecule has 0 amide bonds. The molecule has 4 N–H and O–H groups in total. The molecule has 0 aliphatic heterocycles. The molecule has 3 rings (SSSR count). The first-order valence-corrected chi connectivity index (χ1v) is 7.41. The molecular formula is C19H18N4. The Morgan fingerprint density at radius 1 is 0.957 bits per heavy atom. The normalized spacial score (nSPS) is 10.3. The third-order valence-electron chi connectivity index (χ3n) is 3.57. The summed E-state index contributed by atoms with van der Waals surface area (Å²) in [4.78, 5) is 4.31. The minimum atomic E-state index is 0.0799. The Labute approximate surface area is 135 Å². The highest BCUT2D eigenvalue weighted by Crippen LogP contribution is 2.23. The van der Waals surface area contributed by atoms with E-state index < -0.39 is 0 Å². The van der Waals surface area contributed by atoms with E-state index in [1.165, 1.54) is 0 Å². The predicted octanol–water partition coefficient (Wildman–Crippen LogP) is 3.64. The molecule has 1 heterocycles. The summed E-state index contributed by atoms with van der Waals surface area (Å²) >= 11 is 0. The van der Waals surface area contributed by atoms with Gasteiger partial charge in [0.05, 0.1) is 12.2 Å². The fourth-order valence-electron chi connectivity index (χ4n) is 2.37. The van der Waals surface area contributed by atoms with Crippen LogP contribution >= 0.6 is 0 Å². The minimum Gasteiger partial charge on any atom is -0.384 e. The number of nitrogens with two attached hydrogens (primary N) is 1. The van der Waals surface area contributed by atoms with Gasteiger partial charge in [0.2, 0.25) is 0 Å². The number of rotatable bonds is 5. The summed E-state index contributed by atoms with van der Waals surface area (Å²) in [6.45, 7) is 0.678. The van der Waals surface area contributed by atoms with Crippen LogP contribution in [-0.4, -0.2) is 10.8 Å². The van der Waals surface area contributed by atoms with E-state index in [-0.39, 0.29) is 5.84 Å². The molecule has 3 aromatic rings. The first-order chi connectivity index (χ1) is 11.2. The SMILES string of the molecule is N=C(N)c1cccc(-c2cccc(NCc3ccccn3)c2)c1. The molecule has 23 heavy (non-hydrogen) atoms. The summed E-state index contributed by atoms with van der Waals surface area (Å²) < 4.78 is 0. The summed E-state index contributed by atoms with van der Waals surface area (Å²) in [6.07, 6.45) is 1.79. The first kappa shape index (κ1) is 14.8. The number of nitrogens with zero attached hydrogens (tertiary/aromatic N) is 1. The van der Waals surface area contributed by atoms with Gasteiger partial charge in [-0.1, -0.05) is 36.4 Å². The van der Waals surface area contributed by atoms with Crippen LogP contribution in [0.1, 0.15) is 11.3 Å². The molecule has 0 saturated heterocycles. The van der Waals surface area contributed by atoms with Crippen LogP contribution in [0.4, 0.5) is 5.69 Å². The molecule has 0 saturated carbocycles. The van der Waals surface area contributed by atoms with E-state index in [1.807, 2.05) is 60.7 Å². The number of nitrogen functional groups attached to an aromatic ring is 1. The maximum absolute atomic E-state index is 7.56. The van der Waals surface area contributed by atoms with Gasteiger partial charge in [-0.2, -0.15) is 0 Å². The van der Waals surface area contributed by atoms with Crippen molar-refractivity contribution in [3.8, 4) is 11.1 Å². The largest absolute Gasteiger partial charge is 0.384 e. The average Bonchev–Trinajstić information content (AvgIpc) is 2.61. The van der Waals surface area contributed by atoms with E-state index in [0.29, 0.717) is 6.54 Å². The summed E-state index contributed by atoms with van der Waals surface area (Å²) in [5, 5.41) is 10.9. The van der Waals surface area contributed by atoms with E-state index in [1.54, 1.807) is 6.20 Å². The number of hydrogen-bond donors (Lipinski definition) is 3. The topological polar surface area (TPSA) is 74.8 Å². The van der Waals surface area contributed by atoms with Crippen LogP contribution in [0.3, 0.4) is 0 Å². The van der Waals surface area contributed by atoms with Gasteiger partial charge in [-0.05, 0) is 41.5 Å². The first-order valence-electron chi connectivity index (χ1n) is 7.41. The van der Waals surface area contributed by atoms with Crippen molar-refractivity contribution < 1.29 is 0 Å². The second-order valence-corrected chi connectivity index (χ2v) is 5.25. The van der Waals surface area contributed by atoms with E-state index in [2.05, 4.69) is 16.4 Å². The fraction of sp³-hybridized carbons (Fsp3) is 0.0526. The lowest BCUT2D eigenvalue weighted by molar-refractivity contribution is 1.05. The van der Waals surface area contributed by atoms with Crippen LogP contribution in [0.25, 0.3) is 11.1 Å². The van der Waals surface area contributed by atoms with Gasteiger partial charge in [0.15, 0.2) is 0 Å². The molecule has 4 nitrogen and oxygen atoms in total. The Hall–Kier alpha value is -3.14. The summed E-state index contributed by atoms with van der Waals surface area (Å²) in [6, 6.07) is 21.8. The Bertz CT molecular complexity index is 812. The van der Waals surface area contributed by atoms with Crippen molar-refractivity contribution in [3.63, 3.8) is 0 Å². The fourth-order valence-corrected chi connectivity index (χ4v) is 2.37. The number of aromatic nitrogens is 1. The lowest BCUT2D eigenvalue weighted by Crippen LogP contribution is -2.10. The zero-order chi connectivity index (χ0) is 16.1. The Morgan fingerprint density at radius 3 is 2.48 bits per heavy atom. The van der Waals surface area contributed by atoms with Crippen LogP contribution in [0.15, 0.2) is 72.9 Å². The summed E-state index contributed by atoms with van der Waals surface area (Å²) in [7, 11) is 0. The second kappa shape index (κ2) is 6.75. The van der Waals surface area contributed by atoms with Gasteiger partial charge in [0.25, 0.3) is 0 Å². The molecule has 0 atom stereocenters. The van der Waals surface area contributed by atoms with Crippen LogP contribution in [0, 0.1) is 5.41 Å². The van der Waals surface area contributed by atoms with Crippen molar-refractivity contribution in [2.45, 2.75) is 6.54 Å². The maximum Gasteiger partial charge on any atom is 0.122 e. The number of hydrogen-bond acceptors (Lipinski definition) is 3. The highest BCUT2D eigenvalue weighted by molar-refractivity contribution is 5.96. The van der Waals surface area contributed by atoms with Gasteiger partial charge >= 0.3 is 0 Å². The summed E-state index contributed by atoms with van der Waals surface area (Å²) in [5.74, 6) is 0.0799. The third kappa shape index (κ3) is 3.74. The number of amidine groups is 1. The van der Waals surface area contributed by atoms with Gasteiger partial charge < -0.3 is 11.1 Å². The Balaban J connectivity index is 1.80. The summed E-state index contributed by atoms with van der Waals surface area (Å²) in [5.41, 5.74) is 10.4. The number of anilines is 1. The van der Waals surface area contributed by atoms with Crippen molar-refractivity contribution >= 4 is 11.5 Å². The van der Waals surface area contributed by atoms with Crippen LogP contribution < -0.4 is 11.1 Å². The maximum atomic E-state index is 7.56. The molecule has 0 fully saturated rings. The number of pyridine rings is 1. The highest BCUT2D eigenvalue weighted by Gasteiger charge is 2.03. The molecule has 0 aliphatic rings. The molecule has 0 unspecified atom stereocenters. The number of benzene rings is 2. The average molecular weight is 302 g/mol. The molecule has 0 aliphatic carbocycles. The van der Waals surface area contributed by atoms with Gasteiger partial charge in [0.1, 0.15) is 5.84 Å². The zero-order valence-corrected chi connectivity index (χ0v) is 12.7. The molecule has 0 bridgehead atoms. The molecule has 2 aromatic carbocycles. The Morgan fingerprint density at radius 2 is 1.74 bits per heavy atom. The third-order valence-corrected chi connectivity index (χ3v) is 3.57. The van der Waals surface area contributed by atoms with Gasteiger partial charge in [-0.25, -0.2) is 0 Å². The van der Waals surface area contributed by atoms with Crippen LogP contribution in [-0.2, 0) is 6.54 Å². The van der Waals surface area contributed by atoms with E-state index in [4.69, 9.17) is 11.1 Å². The smallest absolute Gasteiger partial charge is 0.122 e. The monoisotopic (exact) mass is 302 g/mol. The molecule has 4 heteroatoms. The minimum absolute atomic E-state index is 0.0799. The molecule has 0 spiro atoms. The van der Waals surface area contributed by atoms with E-state index in [0.717, 1.165) is 28.1 Å². The predicted molar refractivity (Wildman–Crippen MR) is 94.5 cm³/mol. The number of nitrogens with one attached hydrogen (secondary N) is 2. The van der Waals surface area contributed by atoms with Gasteiger partial charge in [-0.3, -0.25) is 10.4 Å². The molecule has 1 aromatic heterocycles. The van der Waals surface area contributed by atoms with Gasteiger partial charge in [0, 0.05) is 17.4 Å². The molecule has 0 radical (unpaired) electrons. The van der Waals surface area contributed by atoms with Crippen molar-refractivity contribution in [2.75, 3.05) is 5.32 Å². The molecular weight excluding hydrogens is 284 g/mol. The Kier molecular flexibility index (Phi) is 4.34. The van der Waals surface area contributed by atoms with Gasteiger partial charge in [-0.15, -0.1) is 0 Å². The zero-order valence-electron chi connectivity index (χ0n) is 12.7. The standard InChI is InChI=1S/C19H18N4/c20-19(21)16-7-3-5-14(11-16)15-6-4-9-17(12-15)23-13-18-8-1-2-10-22-18/h1-12,23H,13H2,(H3,20,21). The quantitative estimate of drug-likeness (QED) is 0.497. The lowest BCUT2D eigenvalue weighted by Gasteiger charge is -2.09. The highest BCUT2D eigenvalue weighted by atomic mass is 14.9. The lowest BCUT2D eigenvalue weighted by atomic mass is 10.0. The van der Waals surface area contributed by atoms with Crippen molar-refractivity contribution in [1.29, 1.82) is 5.41 Å². The van der Waals surface area contributed by atoms with E-state index >= 15 is 0 Å². The molecule has 114 valence electrons. The second-order valence-electron chi connectivity index (χ2n) is 5.25.